The monoisotopic (exact) mass is 310 g/mol. The largest absolute Gasteiger partial charge is 0.497 e. The summed E-state index contributed by atoms with van der Waals surface area (Å²) in [5, 5.41) is 19.2. The van der Waals surface area contributed by atoms with E-state index in [-0.39, 0.29) is 6.04 Å². The van der Waals surface area contributed by atoms with Crippen LogP contribution in [0.4, 0.5) is 5.95 Å². The molecule has 2 atom stereocenters. The van der Waals surface area contributed by atoms with Gasteiger partial charge in [0.1, 0.15) is 17.5 Å². The van der Waals surface area contributed by atoms with E-state index in [1.54, 1.807) is 13.2 Å². The van der Waals surface area contributed by atoms with Gasteiger partial charge in [0.05, 0.1) is 19.3 Å². The number of aryl methyl sites for hydroxylation is 1. The summed E-state index contributed by atoms with van der Waals surface area (Å²) >= 11 is 0. The van der Waals surface area contributed by atoms with E-state index in [2.05, 4.69) is 16.0 Å². The summed E-state index contributed by atoms with van der Waals surface area (Å²) in [6.45, 7) is 2.27. The van der Waals surface area contributed by atoms with Crippen LogP contribution in [-0.2, 0) is 0 Å². The smallest absolute Gasteiger partial charge is 0.227 e. The molecule has 0 radical (unpaired) electrons. The minimum absolute atomic E-state index is 0.0477. The minimum Gasteiger partial charge on any atom is -0.497 e. The molecule has 6 nitrogen and oxygen atoms in total. The summed E-state index contributed by atoms with van der Waals surface area (Å²) in [4.78, 5) is 10.7. The fourth-order valence-corrected chi connectivity index (χ4v) is 2.94. The maximum Gasteiger partial charge on any atom is 0.227 e. The first-order valence-electron chi connectivity index (χ1n) is 7.45. The lowest BCUT2D eigenvalue weighted by Crippen LogP contribution is -2.26. The van der Waals surface area contributed by atoms with E-state index in [1.807, 2.05) is 36.1 Å². The quantitative estimate of drug-likeness (QED) is 0.933. The van der Waals surface area contributed by atoms with E-state index < -0.39 is 6.10 Å². The van der Waals surface area contributed by atoms with E-state index in [0.717, 1.165) is 17.0 Å². The average Bonchev–Trinajstić information content (AvgIpc) is 2.96. The number of benzene rings is 1. The molecule has 0 bridgehead atoms. The fraction of sp³-hybridized carbons (Fsp3) is 0.353. The van der Waals surface area contributed by atoms with Crippen LogP contribution in [-0.4, -0.2) is 34.8 Å². The average molecular weight is 310 g/mol. The Bertz CT molecular complexity index is 756. The van der Waals surface area contributed by atoms with Crippen molar-refractivity contribution >= 4 is 5.95 Å². The zero-order chi connectivity index (χ0) is 16.4. The standard InChI is InChI=1S/C17H18N4O2/c1-11-6-13(9-18)20-17(19-11)21-10-14(22)8-16(21)12-4-3-5-15(7-12)23-2/h3-7,14,16,22H,8,10H2,1-2H3/t14-,16-/m0/s1. The Hall–Kier alpha value is -2.65. The van der Waals surface area contributed by atoms with Crippen LogP contribution in [0.3, 0.4) is 0 Å². The summed E-state index contributed by atoms with van der Waals surface area (Å²) < 4.78 is 5.28. The summed E-state index contributed by atoms with van der Waals surface area (Å²) in [6.07, 6.45) is 0.132. The molecule has 0 saturated carbocycles. The van der Waals surface area contributed by atoms with E-state index in [9.17, 15) is 5.11 Å². The Morgan fingerprint density at radius 2 is 2.17 bits per heavy atom. The molecule has 2 heterocycles. The summed E-state index contributed by atoms with van der Waals surface area (Å²) in [5.74, 6) is 1.25. The fourth-order valence-electron chi connectivity index (χ4n) is 2.94. The zero-order valence-electron chi connectivity index (χ0n) is 13.1. The lowest BCUT2D eigenvalue weighted by molar-refractivity contribution is 0.194. The van der Waals surface area contributed by atoms with Crippen LogP contribution in [0.2, 0.25) is 0 Å². The molecule has 1 saturated heterocycles. The molecule has 1 N–H and O–H groups in total. The van der Waals surface area contributed by atoms with Crippen molar-refractivity contribution < 1.29 is 9.84 Å². The van der Waals surface area contributed by atoms with E-state index in [1.165, 1.54) is 0 Å². The molecule has 1 aromatic heterocycles. The summed E-state index contributed by atoms with van der Waals surface area (Å²) in [7, 11) is 1.63. The van der Waals surface area contributed by atoms with Crippen molar-refractivity contribution in [3.05, 3.63) is 47.3 Å². The molecule has 0 amide bonds. The SMILES string of the molecule is COc1cccc([C@@H]2C[C@H](O)CN2c2nc(C)cc(C#N)n2)c1. The van der Waals surface area contributed by atoms with Gasteiger partial charge in [-0.25, -0.2) is 9.97 Å². The first-order valence-corrected chi connectivity index (χ1v) is 7.45. The molecule has 6 heteroatoms. The van der Waals surface area contributed by atoms with Gasteiger partial charge in [0, 0.05) is 12.2 Å². The summed E-state index contributed by atoms with van der Waals surface area (Å²) in [5.41, 5.74) is 2.10. The van der Waals surface area contributed by atoms with Crippen LogP contribution in [0.1, 0.15) is 29.4 Å². The molecular weight excluding hydrogens is 292 g/mol. The molecule has 0 spiro atoms. The molecule has 1 aromatic carbocycles. The van der Waals surface area contributed by atoms with Gasteiger partial charge in [0.15, 0.2) is 0 Å². The topological polar surface area (TPSA) is 82.3 Å². The van der Waals surface area contributed by atoms with Gasteiger partial charge in [0.25, 0.3) is 0 Å². The zero-order valence-corrected chi connectivity index (χ0v) is 13.1. The number of ether oxygens (including phenoxy) is 1. The summed E-state index contributed by atoms with van der Waals surface area (Å²) in [6, 6.07) is 11.4. The highest BCUT2D eigenvalue weighted by atomic mass is 16.5. The number of β-amino-alcohol motifs (C(OH)–C–C–N with tert-alkyl or cyclic N) is 1. The van der Waals surface area contributed by atoms with Crippen molar-refractivity contribution in [2.75, 3.05) is 18.6 Å². The van der Waals surface area contributed by atoms with Crippen LogP contribution >= 0.6 is 0 Å². The molecule has 1 aliphatic heterocycles. The van der Waals surface area contributed by atoms with E-state index in [0.29, 0.717) is 24.6 Å². The first-order chi connectivity index (χ1) is 11.1. The van der Waals surface area contributed by atoms with Gasteiger partial charge in [-0.15, -0.1) is 0 Å². The van der Waals surface area contributed by atoms with Crippen LogP contribution in [0, 0.1) is 18.3 Å². The van der Waals surface area contributed by atoms with Crippen LogP contribution in [0.15, 0.2) is 30.3 Å². The second kappa shape index (κ2) is 6.23. The lowest BCUT2D eigenvalue weighted by atomic mass is 10.0. The normalized spacial score (nSPS) is 20.3. The maximum atomic E-state index is 10.1. The number of rotatable bonds is 3. The van der Waals surface area contributed by atoms with Gasteiger partial charge >= 0.3 is 0 Å². The number of hydrogen-bond donors (Lipinski definition) is 1. The predicted molar refractivity (Wildman–Crippen MR) is 85.2 cm³/mol. The number of hydrogen-bond acceptors (Lipinski definition) is 6. The molecule has 0 aliphatic carbocycles. The van der Waals surface area contributed by atoms with Gasteiger partial charge in [-0.05, 0) is 37.1 Å². The molecule has 118 valence electrons. The third kappa shape index (κ3) is 3.10. The number of nitrogens with zero attached hydrogens (tertiary/aromatic N) is 4. The van der Waals surface area contributed by atoms with Gasteiger partial charge < -0.3 is 14.7 Å². The Morgan fingerprint density at radius 1 is 1.35 bits per heavy atom. The number of methoxy groups -OCH3 is 1. The molecule has 3 rings (SSSR count). The maximum absolute atomic E-state index is 10.1. The van der Waals surface area contributed by atoms with Crippen molar-refractivity contribution in [2.45, 2.75) is 25.5 Å². The van der Waals surface area contributed by atoms with Crippen molar-refractivity contribution in [3.8, 4) is 11.8 Å². The Labute approximate surface area is 135 Å². The highest BCUT2D eigenvalue weighted by Crippen LogP contribution is 2.36. The van der Waals surface area contributed by atoms with E-state index >= 15 is 0 Å². The lowest BCUT2D eigenvalue weighted by Gasteiger charge is -2.25. The van der Waals surface area contributed by atoms with Crippen molar-refractivity contribution in [1.29, 1.82) is 5.26 Å². The minimum atomic E-state index is -0.458. The number of aliphatic hydroxyl groups excluding tert-OH is 1. The third-order valence-electron chi connectivity index (χ3n) is 3.97. The van der Waals surface area contributed by atoms with Crippen molar-refractivity contribution in [1.82, 2.24) is 9.97 Å². The van der Waals surface area contributed by atoms with Crippen LogP contribution in [0.25, 0.3) is 0 Å². The highest BCUT2D eigenvalue weighted by molar-refractivity contribution is 5.43. The number of aromatic nitrogens is 2. The number of aliphatic hydroxyl groups is 1. The van der Waals surface area contributed by atoms with Gasteiger partial charge in [-0.2, -0.15) is 5.26 Å². The Morgan fingerprint density at radius 3 is 2.91 bits per heavy atom. The molecule has 2 aromatic rings. The number of anilines is 1. The second-order valence-corrected chi connectivity index (χ2v) is 5.64. The molecule has 0 unspecified atom stereocenters. The first kappa shape index (κ1) is 15.3. The van der Waals surface area contributed by atoms with Gasteiger partial charge in [-0.3, -0.25) is 0 Å². The van der Waals surface area contributed by atoms with E-state index in [4.69, 9.17) is 10.00 Å². The third-order valence-corrected chi connectivity index (χ3v) is 3.97. The van der Waals surface area contributed by atoms with Crippen molar-refractivity contribution in [2.24, 2.45) is 0 Å². The predicted octanol–water partition coefficient (Wildman–Crippen LogP) is 1.98. The molecule has 23 heavy (non-hydrogen) atoms. The number of nitriles is 1. The Balaban J connectivity index is 2.00. The highest BCUT2D eigenvalue weighted by Gasteiger charge is 2.34. The molecule has 1 aliphatic rings. The Kier molecular flexibility index (Phi) is 4.13. The van der Waals surface area contributed by atoms with Gasteiger partial charge in [0.2, 0.25) is 5.95 Å². The molecule has 1 fully saturated rings. The molecular formula is C17H18N4O2. The second-order valence-electron chi connectivity index (χ2n) is 5.64. The van der Waals surface area contributed by atoms with Crippen molar-refractivity contribution in [3.63, 3.8) is 0 Å². The van der Waals surface area contributed by atoms with Crippen LogP contribution in [0.5, 0.6) is 5.75 Å². The van der Waals surface area contributed by atoms with Crippen LogP contribution < -0.4 is 9.64 Å². The van der Waals surface area contributed by atoms with Gasteiger partial charge in [-0.1, -0.05) is 12.1 Å².